The SMILES string of the molecule is C=CCOC(=O)OC(C(F)(F)F)C(F)(F)F. The van der Waals surface area contributed by atoms with Crippen molar-refractivity contribution in [2.24, 2.45) is 0 Å². The van der Waals surface area contributed by atoms with Gasteiger partial charge in [0.1, 0.15) is 6.61 Å². The predicted octanol–water partition coefficient (Wildman–Crippen LogP) is 2.82. The molecule has 9 heteroatoms. The summed E-state index contributed by atoms with van der Waals surface area (Å²) in [5.74, 6) is 0. The minimum Gasteiger partial charge on any atom is -0.430 e. The van der Waals surface area contributed by atoms with Crippen molar-refractivity contribution in [2.45, 2.75) is 18.5 Å². The average Bonchev–Trinajstić information content (AvgIpc) is 2.07. The number of hydrogen-bond acceptors (Lipinski definition) is 3. The smallest absolute Gasteiger partial charge is 0.430 e. The lowest BCUT2D eigenvalue weighted by molar-refractivity contribution is -0.310. The summed E-state index contributed by atoms with van der Waals surface area (Å²) in [7, 11) is 0. The van der Waals surface area contributed by atoms with Gasteiger partial charge >= 0.3 is 18.5 Å². The Bertz CT molecular complexity index is 242. The van der Waals surface area contributed by atoms with Gasteiger partial charge in [-0.25, -0.2) is 4.79 Å². The fraction of sp³-hybridized carbons (Fsp3) is 0.571. The maximum atomic E-state index is 11.8. The van der Waals surface area contributed by atoms with Gasteiger partial charge in [-0.15, -0.1) is 0 Å². The molecule has 0 saturated heterocycles. The lowest BCUT2D eigenvalue weighted by Gasteiger charge is -2.22. The molecule has 0 unspecified atom stereocenters. The highest BCUT2D eigenvalue weighted by molar-refractivity contribution is 5.60. The van der Waals surface area contributed by atoms with Crippen molar-refractivity contribution in [1.29, 1.82) is 0 Å². The summed E-state index contributed by atoms with van der Waals surface area (Å²) in [6.45, 7) is 2.48. The first-order valence-corrected chi connectivity index (χ1v) is 3.66. The van der Waals surface area contributed by atoms with Gasteiger partial charge in [0.25, 0.3) is 6.10 Å². The summed E-state index contributed by atoms with van der Waals surface area (Å²) in [5, 5.41) is 0. The molecule has 0 bridgehead atoms. The van der Waals surface area contributed by atoms with E-state index in [2.05, 4.69) is 16.1 Å². The van der Waals surface area contributed by atoms with E-state index in [1.165, 1.54) is 0 Å². The molecule has 0 heterocycles. The van der Waals surface area contributed by atoms with Gasteiger partial charge in [-0.1, -0.05) is 12.7 Å². The Morgan fingerprint density at radius 1 is 1.19 bits per heavy atom. The number of ether oxygens (including phenoxy) is 2. The van der Waals surface area contributed by atoms with E-state index in [0.717, 1.165) is 6.08 Å². The largest absolute Gasteiger partial charge is 0.509 e. The Morgan fingerprint density at radius 2 is 1.62 bits per heavy atom. The Labute approximate surface area is 85.6 Å². The first-order valence-electron chi connectivity index (χ1n) is 3.66. The Balaban J connectivity index is 4.58. The maximum absolute atomic E-state index is 11.8. The van der Waals surface area contributed by atoms with Crippen molar-refractivity contribution < 1.29 is 40.6 Å². The molecule has 0 spiro atoms. The van der Waals surface area contributed by atoms with Crippen LogP contribution in [0.25, 0.3) is 0 Å². The molecule has 16 heavy (non-hydrogen) atoms. The van der Waals surface area contributed by atoms with Crippen molar-refractivity contribution in [1.82, 2.24) is 0 Å². The molecule has 0 rings (SSSR count). The second kappa shape index (κ2) is 5.08. The maximum Gasteiger partial charge on any atom is 0.509 e. The van der Waals surface area contributed by atoms with E-state index >= 15 is 0 Å². The van der Waals surface area contributed by atoms with Gasteiger partial charge in [-0.3, -0.25) is 0 Å². The molecular formula is C7H6F6O3. The van der Waals surface area contributed by atoms with Crippen LogP contribution in [0.3, 0.4) is 0 Å². The molecule has 0 aromatic heterocycles. The molecule has 3 nitrogen and oxygen atoms in total. The summed E-state index contributed by atoms with van der Waals surface area (Å²) < 4.78 is 77.9. The zero-order valence-electron chi connectivity index (χ0n) is 7.56. The van der Waals surface area contributed by atoms with E-state index < -0.39 is 31.2 Å². The van der Waals surface area contributed by atoms with Gasteiger partial charge in [0.05, 0.1) is 0 Å². The molecule has 94 valence electrons. The highest BCUT2D eigenvalue weighted by Gasteiger charge is 2.60. The zero-order chi connectivity index (χ0) is 13.0. The van der Waals surface area contributed by atoms with E-state index in [1.807, 2.05) is 0 Å². The summed E-state index contributed by atoms with van der Waals surface area (Å²) >= 11 is 0. The number of alkyl halides is 6. The molecule has 0 fully saturated rings. The topological polar surface area (TPSA) is 35.5 Å². The third-order valence-corrected chi connectivity index (χ3v) is 1.13. The van der Waals surface area contributed by atoms with Gasteiger partial charge in [-0.2, -0.15) is 26.3 Å². The van der Waals surface area contributed by atoms with Crippen LogP contribution in [0.2, 0.25) is 0 Å². The van der Waals surface area contributed by atoms with Crippen molar-refractivity contribution in [3.05, 3.63) is 12.7 Å². The number of carbonyl (C=O) groups excluding carboxylic acids is 1. The van der Waals surface area contributed by atoms with Gasteiger partial charge in [0.2, 0.25) is 0 Å². The Hall–Kier alpha value is -1.41. The molecule has 0 atom stereocenters. The highest BCUT2D eigenvalue weighted by atomic mass is 19.4. The van der Waals surface area contributed by atoms with E-state index in [-0.39, 0.29) is 0 Å². The van der Waals surface area contributed by atoms with Crippen LogP contribution in [0.15, 0.2) is 12.7 Å². The molecule has 0 radical (unpaired) electrons. The molecule has 0 aromatic carbocycles. The second-order valence-electron chi connectivity index (χ2n) is 2.43. The van der Waals surface area contributed by atoms with Crippen LogP contribution in [0.1, 0.15) is 0 Å². The number of carbonyl (C=O) groups is 1. The molecule has 0 aliphatic carbocycles. The first-order chi connectivity index (χ1) is 7.09. The molecule has 0 aliphatic heterocycles. The van der Waals surface area contributed by atoms with Gasteiger partial charge in [0, 0.05) is 0 Å². The minimum atomic E-state index is -5.74. The number of halogens is 6. The van der Waals surface area contributed by atoms with Crippen LogP contribution in [0, 0.1) is 0 Å². The van der Waals surface area contributed by atoms with E-state index in [9.17, 15) is 31.1 Å². The lowest BCUT2D eigenvalue weighted by Crippen LogP contribution is -2.45. The van der Waals surface area contributed by atoms with Gasteiger partial charge in [0.15, 0.2) is 0 Å². The van der Waals surface area contributed by atoms with Crippen molar-refractivity contribution in [3.8, 4) is 0 Å². The Morgan fingerprint density at radius 3 is 1.94 bits per heavy atom. The molecule has 0 N–H and O–H groups in total. The molecule has 0 saturated carbocycles. The van der Waals surface area contributed by atoms with Crippen LogP contribution in [0.5, 0.6) is 0 Å². The summed E-state index contributed by atoms with van der Waals surface area (Å²) in [6.07, 6.45) is -16.8. The normalized spacial score (nSPS) is 12.4. The van der Waals surface area contributed by atoms with E-state index in [0.29, 0.717) is 0 Å². The van der Waals surface area contributed by atoms with E-state index in [4.69, 9.17) is 0 Å². The standard InChI is InChI=1S/C7H6F6O3/c1-2-3-15-5(14)16-4(6(8,9)10)7(11,12)13/h2,4H,1,3H2. The molecular weight excluding hydrogens is 246 g/mol. The number of rotatable bonds is 3. The highest BCUT2D eigenvalue weighted by Crippen LogP contribution is 2.35. The van der Waals surface area contributed by atoms with Crippen LogP contribution in [-0.4, -0.2) is 31.2 Å². The van der Waals surface area contributed by atoms with Crippen LogP contribution in [-0.2, 0) is 9.47 Å². The van der Waals surface area contributed by atoms with Gasteiger partial charge in [-0.05, 0) is 0 Å². The predicted molar refractivity (Wildman–Crippen MR) is 38.5 cm³/mol. The molecule has 0 amide bonds. The third-order valence-electron chi connectivity index (χ3n) is 1.13. The minimum absolute atomic E-state index is 0.554. The first kappa shape index (κ1) is 14.6. The monoisotopic (exact) mass is 252 g/mol. The Kier molecular flexibility index (Phi) is 4.63. The van der Waals surface area contributed by atoms with Crippen LogP contribution < -0.4 is 0 Å². The summed E-state index contributed by atoms with van der Waals surface area (Å²) in [4.78, 5) is 10.4. The van der Waals surface area contributed by atoms with Crippen molar-refractivity contribution in [2.75, 3.05) is 6.61 Å². The summed E-state index contributed by atoms with van der Waals surface area (Å²) in [6, 6.07) is 0. The van der Waals surface area contributed by atoms with E-state index in [1.54, 1.807) is 0 Å². The quantitative estimate of drug-likeness (QED) is 0.440. The molecule has 0 aliphatic rings. The van der Waals surface area contributed by atoms with Crippen LogP contribution in [0.4, 0.5) is 31.1 Å². The lowest BCUT2D eigenvalue weighted by atomic mass is 10.3. The van der Waals surface area contributed by atoms with Crippen LogP contribution >= 0.6 is 0 Å². The third kappa shape index (κ3) is 4.89. The van der Waals surface area contributed by atoms with Gasteiger partial charge < -0.3 is 9.47 Å². The second-order valence-corrected chi connectivity index (χ2v) is 2.43. The van der Waals surface area contributed by atoms with Crippen molar-refractivity contribution in [3.63, 3.8) is 0 Å². The number of hydrogen-bond donors (Lipinski definition) is 0. The molecule has 0 aromatic rings. The zero-order valence-corrected chi connectivity index (χ0v) is 7.56. The summed E-state index contributed by atoms with van der Waals surface area (Å²) in [5.41, 5.74) is 0. The average molecular weight is 252 g/mol. The fourth-order valence-electron chi connectivity index (χ4n) is 0.576. The fourth-order valence-corrected chi connectivity index (χ4v) is 0.576. The van der Waals surface area contributed by atoms with Crippen molar-refractivity contribution >= 4 is 6.16 Å².